The molecule has 0 aliphatic carbocycles. The van der Waals surface area contributed by atoms with Gasteiger partial charge in [0, 0.05) is 6.54 Å². The zero-order valence-corrected chi connectivity index (χ0v) is 9.18. The minimum absolute atomic E-state index is 0.291. The quantitative estimate of drug-likeness (QED) is 0.699. The van der Waals surface area contributed by atoms with E-state index in [9.17, 15) is 4.39 Å². The SMILES string of the molecule is CCNCCCNc1ncnc(C)c1F. The summed E-state index contributed by atoms with van der Waals surface area (Å²) in [7, 11) is 0. The van der Waals surface area contributed by atoms with Crippen LogP contribution in [0.15, 0.2) is 6.33 Å². The van der Waals surface area contributed by atoms with Crippen molar-refractivity contribution in [3.05, 3.63) is 17.8 Å². The molecular weight excluding hydrogens is 195 g/mol. The zero-order chi connectivity index (χ0) is 11.1. The fourth-order valence-corrected chi connectivity index (χ4v) is 1.18. The van der Waals surface area contributed by atoms with E-state index in [4.69, 9.17) is 0 Å². The Kier molecular flexibility index (Phi) is 4.97. The van der Waals surface area contributed by atoms with Gasteiger partial charge in [-0.05, 0) is 26.4 Å². The molecule has 4 nitrogen and oxygen atoms in total. The molecule has 2 N–H and O–H groups in total. The van der Waals surface area contributed by atoms with E-state index < -0.39 is 0 Å². The number of halogens is 1. The van der Waals surface area contributed by atoms with Crippen molar-refractivity contribution in [2.24, 2.45) is 0 Å². The standard InChI is InChI=1S/C10H17FN4/c1-3-12-5-4-6-13-10-9(11)8(2)14-7-15-10/h7,12H,3-6H2,1-2H3,(H,13,14,15). The molecule has 0 unspecified atom stereocenters. The number of hydrogen-bond donors (Lipinski definition) is 2. The van der Waals surface area contributed by atoms with Gasteiger partial charge in [-0.15, -0.1) is 0 Å². The molecule has 0 aliphatic heterocycles. The second-order valence-electron chi connectivity index (χ2n) is 3.26. The van der Waals surface area contributed by atoms with Crippen molar-refractivity contribution in [1.29, 1.82) is 0 Å². The smallest absolute Gasteiger partial charge is 0.186 e. The van der Waals surface area contributed by atoms with Crippen molar-refractivity contribution >= 4 is 5.82 Å². The molecule has 0 radical (unpaired) electrons. The van der Waals surface area contributed by atoms with E-state index >= 15 is 0 Å². The number of hydrogen-bond acceptors (Lipinski definition) is 4. The molecule has 0 saturated carbocycles. The number of aryl methyl sites for hydroxylation is 1. The first kappa shape index (κ1) is 11.8. The molecule has 0 fully saturated rings. The van der Waals surface area contributed by atoms with Gasteiger partial charge in [0.15, 0.2) is 11.6 Å². The summed E-state index contributed by atoms with van der Waals surface area (Å²) in [6.07, 6.45) is 2.31. The van der Waals surface area contributed by atoms with Crippen molar-refractivity contribution in [2.45, 2.75) is 20.3 Å². The highest BCUT2D eigenvalue weighted by Gasteiger charge is 2.05. The van der Waals surface area contributed by atoms with Crippen LogP contribution in [0.2, 0.25) is 0 Å². The third-order valence-electron chi connectivity index (χ3n) is 2.04. The van der Waals surface area contributed by atoms with Gasteiger partial charge in [0.1, 0.15) is 6.33 Å². The van der Waals surface area contributed by atoms with Gasteiger partial charge in [-0.2, -0.15) is 0 Å². The molecule has 84 valence electrons. The maximum Gasteiger partial charge on any atom is 0.186 e. The average molecular weight is 212 g/mol. The number of nitrogens with one attached hydrogen (secondary N) is 2. The molecule has 0 aliphatic rings. The lowest BCUT2D eigenvalue weighted by atomic mass is 10.3. The monoisotopic (exact) mass is 212 g/mol. The lowest BCUT2D eigenvalue weighted by Gasteiger charge is -2.07. The molecule has 0 amide bonds. The lowest BCUT2D eigenvalue weighted by molar-refractivity contribution is 0.603. The van der Waals surface area contributed by atoms with E-state index in [0.29, 0.717) is 18.1 Å². The third kappa shape index (κ3) is 3.79. The summed E-state index contributed by atoms with van der Waals surface area (Å²) >= 11 is 0. The number of rotatable bonds is 6. The van der Waals surface area contributed by atoms with Crippen molar-refractivity contribution in [2.75, 3.05) is 25.0 Å². The Morgan fingerprint density at radius 2 is 2.13 bits per heavy atom. The van der Waals surface area contributed by atoms with Gasteiger partial charge in [0.2, 0.25) is 0 Å². The van der Waals surface area contributed by atoms with Crippen molar-refractivity contribution in [1.82, 2.24) is 15.3 Å². The van der Waals surface area contributed by atoms with E-state index in [1.54, 1.807) is 6.92 Å². The Morgan fingerprint density at radius 1 is 1.33 bits per heavy atom. The lowest BCUT2D eigenvalue weighted by Crippen LogP contribution is -2.18. The van der Waals surface area contributed by atoms with Crippen molar-refractivity contribution in [3.8, 4) is 0 Å². The number of nitrogens with zero attached hydrogens (tertiary/aromatic N) is 2. The summed E-state index contributed by atoms with van der Waals surface area (Å²) in [6.45, 7) is 6.28. The first-order valence-electron chi connectivity index (χ1n) is 5.17. The van der Waals surface area contributed by atoms with Gasteiger partial charge < -0.3 is 10.6 Å². The van der Waals surface area contributed by atoms with E-state index in [1.807, 2.05) is 0 Å². The molecule has 5 heteroatoms. The van der Waals surface area contributed by atoms with Crippen LogP contribution in [0.5, 0.6) is 0 Å². The van der Waals surface area contributed by atoms with Gasteiger partial charge in [0.05, 0.1) is 5.69 Å². The highest BCUT2D eigenvalue weighted by Crippen LogP contribution is 2.10. The predicted molar refractivity (Wildman–Crippen MR) is 58.4 cm³/mol. The maximum atomic E-state index is 13.4. The van der Waals surface area contributed by atoms with Crippen LogP contribution in [-0.2, 0) is 0 Å². The normalized spacial score (nSPS) is 10.3. The van der Waals surface area contributed by atoms with Crippen LogP contribution < -0.4 is 10.6 Å². The molecule has 1 rings (SSSR count). The molecule has 15 heavy (non-hydrogen) atoms. The Labute approximate surface area is 89.3 Å². The molecule has 0 aromatic carbocycles. The van der Waals surface area contributed by atoms with Crippen LogP contribution in [0.4, 0.5) is 10.2 Å². The average Bonchev–Trinajstić information content (AvgIpc) is 2.24. The van der Waals surface area contributed by atoms with Crippen LogP contribution in [0.3, 0.4) is 0 Å². The van der Waals surface area contributed by atoms with E-state index in [2.05, 4.69) is 27.5 Å². The van der Waals surface area contributed by atoms with E-state index in [0.717, 1.165) is 19.5 Å². The van der Waals surface area contributed by atoms with Crippen LogP contribution in [0.1, 0.15) is 19.0 Å². The molecule has 0 bridgehead atoms. The van der Waals surface area contributed by atoms with Gasteiger partial charge in [-0.3, -0.25) is 0 Å². The van der Waals surface area contributed by atoms with Crippen LogP contribution in [0, 0.1) is 12.7 Å². The van der Waals surface area contributed by atoms with Gasteiger partial charge in [-0.1, -0.05) is 6.92 Å². The molecular formula is C10H17FN4. The van der Waals surface area contributed by atoms with E-state index in [-0.39, 0.29) is 5.82 Å². The Morgan fingerprint density at radius 3 is 2.87 bits per heavy atom. The summed E-state index contributed by atoms with van der Waals surface area (Å²) in [5.41, 5.74) is 0.374. The Bertz CT molecular complexity index is 303. The second-order valence-corrected chi connectivity index (χ2v) is 3.26. The fraction of sp³-hybridized carbons (Fsp3) is 0.600. The molecule has 0 saturated heterocycles. The molecule has 0 atom stereocenters. The second kappa shape index (κ2) is 6.29. The topological polar surface area (TPSA) is 49.8 Å². The number of aromatic nitrogens is 2. The molecule has 0 spiro atoms. The van der Waals surface area contributed by atoms with Crippen LogP contribution in [-0.4, -0.2) is 29.6 Å². The van der Waals surface area contributed by atoms with Crippen LogP contribution in [0.25, 0.3) is 0 Å². The Hall–Kier alpha value is -1.23. The Balaban J connectivity index is 2.34. The molecule has 1 heterocycles. The zero-order valence-electron chi connectivity index (χ0n) is 9.18. The summed E-state index contributed by atoms with van der Waals surface area (Å²) in [5, 5.41) is 6.14. The summed E-state index contributed by atoms with van der Waals surface area (Å²) in [4.78, 5) is 7.60. The minimum Gasteiger partial charge on any atom is -0.367 e. The van der Waals surface area contributed by atoms with Gasteiger partial charge >= 0.3 is 0 Å². The molecule has 1 aromatic rings. The molecule has 1 aromatic heterocycles. The highest BCUT2D eigenvalue weighted by molar-refractivity contribution is 5.36. The van der Waals surface area contributed by atoms with Crippen molar-refractivity contribution < 1.29 is 4.39 Å². The minimum atomic E-state index is -0.360. The van der Waals surface area contributed by atoms with Gasteiger partial charge in [0.25, 0.3) is 0 Å². The summed E-state index contributed by atoms with van der Waals surface area (Å²) in [6, 6.07) is 0. The highest BCUT2D eigenvalue weighted by atomic mass is 19.1. The largest absolute Gasteiger partial charge is 0.367 e. The fourth-order valence-electron chi connectivity index (χ4n) is 1.18. The predicted octanol–water partition coefficient (Wildman–Crippen LogP) is 1.34. The van der Waals surface area contributed by atoms with Crippen molar-refractivity contribution in [3.63, 3.8) is 0 Å². The summed E-state index contributed by atoms with van der Waals surface area (Å²) < 4.78 is 13.4. The van der Waals surface area contributed by atoms with Gasteiger partial charge in [-0.25, -0.2) is 14.4 Å². The van der Waals surface area contributed by atoms with Crippen LogP contribution >= 0.6 is 0 Å². The number of anilines is 1. The first-order chi connectivity index (χ1) is 7.25. The third-order valence-corrected chi connectivity index (χ3v) is 2.04. The van der Waals surface area contributed by atoms with E-state index in [1.165, 1.54) is 6.33 Å². The summed E-state index contributed by atoms with van der Waals surface area (Å²) in [5.74, 6) is -0.0695. The first-order valence-corrected chi connectivity index (χ1v) is 5.17. The maximum absolute atomic E-state index is 13.4.